The molecule has 4 fully saturated rings. The van der Waals surface area contributed by atoms with Crippen molar-refractivity contribution in [3.05, 3.63) is 11.6 Å². The fourth-order valence-electron chi connectivity index (χ4n) is 6.09. The van der Waals surface area contributed by atoms with Crippen LogP contribution >= 0.6 is 23.2 Å². The summed E-state index contributed by atoms with van der Waals surface area (Å²) < 4.78 is 1.87. The van der Waals surface area contributed by atoms with Crippen LogP contribution in [0.2, 0.25) is 5.28 Å². The van der Waals surface area contributed by atoms with E-state index in [0.29, 0.717) is 40.7 Å². The third-order valence-electron chi connectivity index (χ3n) is 8.44. The quantitative estimate of drug-likeness (QED) is 0.460. The molecule has 3 unspecified atom stereocenters. The van der Waals surface area contributed by atoms with Gasteiger partial charge in [0.15, 0.2) is 17.0 Å². The Balaban J connectivity index is 1.36. The number of halogens is 2. The Bertz CT molecular complexity index is 964. The van der Waals surface area contributed by atoms with Crippen molar-refractivity contribution in [1.29, 1.82) is 0 Å². The third kappa shape index (κ3) is 2.68. The molecular formula is C21H27Cl2N5O2. The molecule has 0 spiro atoms. The largest absolute Gasteiger partial charge is 0.390 e. The second kappa shape index (κ2) is 6.92. The summed E-state index contributed by atoms with van der Waals surface area (Å²) in [5.74, 6) is 2.50. The summed E-state index contributed by atoms with van der Waals surface area (Å²) in [6, 6.07) is 0.0923. The number of anilines is 1. The first-order valence-electron chi connectivity index (χ1n) is 11.1. The minimum Gasteiger partial charge on any atom is -0.390 e. The number of alkyl halides is 1. The van der Waals surface area contributed by atoms with Crippen LogP contribution in [0.4, 0.5) is 5.82 Å². The van der Waals surface area contributed by atoms with Crippen LogP contribution in [0.3, 0.4) is 0 Å². The van der Waals surface area contributed by atoms with E-state index in [1.54, 1.807) is 6.33 Å². The van der Waals surface area contributed by atoms with E-state index >= 15 is 0 Å². The van der Waals surface area contributed by atoms with Gasteiger partial charge in [0.05, 0.1) is 18.5 Å². The first-order valence-corrected chi connectivity index (χ1v) is 12.0. The number of nitrogens with zero attached hydrogens (tertiary/aromatic N) is 4. The first-order chi connectivity index (χ1) is 14.5. The zero-order valence-corrected chi connectivity index (χ0v) is 18.2. The molecule has 5 atom stereocenters. The average Bonchev–Trinajstić information content (AvgIpc) is 3.16. The number of fused-ring (bicyclic) bond motifs is 2. The average molecular weight is 452 g/mol. The molecule has 9 heteroatoms. The van der Waals surface area contributed by atoms with Crippen molar-refractivity contribution in [1.82, 2.24) is 19.5 Å². The van der Waals surface area contributed by atoms with Crippen molar-refractivity contribution in [2.24, 2.45) is 23.2 Å². The highest BCUT2D eigenvalue weighted by Crippen LogP contribution is 2.68. The molecule has 0 aliphatic heterocycles. The van der Waals surface area contributed by atoms with Crippen LogP contribution in [0, 0.1) is 23.2 Å². The van der Waals surface area contributed by atoms with E-state index in [9.17, 15) is 10.2 Å². The molecule has 0 radical (unpaired) electrons. The lowest BCUT2D eigenvalue weighted by Crippen LogP contribution is -2.42. The second-order valence-electron chi connectivity index (χ2n) is 9.82. The zero-order valence-electron chi connectivity index (χ0n) is 16.7. The smallest absolute Gasteiger partial charge is 0.226 e. The zero-order chi connectivity index (χ0) is 20.6. The van der Waals surface area contributed by atoms with Gasteiger partial charge in [0.2, 0.25) is 5.28 Å². The van der Waals surface area contributed by atoms with E-state index in [0.717, 1.165) is 6.42 Å². The molecule has 0 bridgehead atoms. The molecule has 4 saturated carbocycles. The molecule has 3 N–H and O–H groups in total. The molecule has 6 rings (SSSR count). The lowest BCUT2D eigenvalue weighted by atomic mass is 9.68. The molecule has 2 heterocycles. The standard InChI is InChI=1S/C21H27Cl2N5O2/c22-8-21-7-12(21)15(16(29)17(21)30)28-9-24-14-18(26-20(23)27-19(14)28)25-13(10-3-1-4-10)11-5-2-6-11/h9-13,15-17,29-30H,1-8H2,(H,25,26,27)/t12?,15-,16+,17?,21?/m1/s1. The number of hydrogen-bond acceptors (Lipinski definition) is 6. The maximum atomic E-state index is 10.7. The molecular weight excluding hydrogens is 425 g/mol. The maximum absolute atomic E-state index is 10.7. The van der Waals surface area contributed by atoms with Crippen LogP contribution in [0.25, 0.3) is 11.2 Å². The molecule has 162 valence electrons. The lowest BCUT2D eigenvalue weighted by molar-refractivity contribution is -0.0129. The summed E-state index contributed by atoms with van der Waals surface area (Å²) in [6.45, 7) is 0. The van der Waals surface area contributed by atoms with Gasteiger partial charge in [0.1, 0.15) is 6.10 Å². The van der Waals surface area contributed by atoms with Crippen molar-refractivity contribution in [3.8, 4) is 0 Å². The molecule has 0 amide bonds. The number of imidazole rings is 1. The van der Waals surface area contributed by atoms with Crippen molar-refractivity contribution in [2.45, 2.75) is 69.2 Å². The predicted octanol–water partition coefficient (Wildman–Crippen LogP) is 3.38. The number of nitrogens with one attached hydrogen (secondary N) is 1. The van der Waals surface area contributed by atoms with Crippen molar-refractivity contribution in [2.75, 3.05) is 11.2 Å². The van der Waals surface area contributed by atoms with Crippen molar-refractivity contribution >= 4 is 40.2 Å². The van der Waals surface area contributed by atoms with E-state index < -0.39 is 17.6 Å². The summed E-state index contributed by atoms with van der Waals surface area (Å²) >= 11 is 12.5. The number of aromatic nitrogens is 4. The van der Waals surface area contributed by atoms with Gasteiger partial charge in [-0.2, -0.15) is 9.97 Å². The highest BCUT2D eigenvalue weighted by molar-refractivity contribution is 6.28. The Labute approximate surface area is 185 Å². The maximum Gasteiger partial charge on any atom is 0.226 e. The summed E-state index contributed by atoms with van der Waals surface area (Å²) in [4.78, 5) is 13.6. The van der Waals surface area contributed by atoms with E-state index in [4.69, 9.17) is 23.2 Å². The van der Waals surface area contributed by atoms with Crippen LogP contribution in [0.15, 0.2) is 6.33 Å². The Kier molecular flexibility index (Phi) is 4.51. The topological polar surface area (TPSA) is 96.1 Å². The third-order valence-corrected chi connectivity index (χ3v) is 9.10. The van der Waals surface area contributed by atoms with Gasteiger partial charge >= 0.3 is 0 Å². The molecule has 30 heavy (non-hydrogen) atoms. The monoisotopic (exact) mass is 451 g/mol. The molecule has 0 saturated heterocycles. The Morgan fingerprint density at radius 3 is 2.43 bits per heavy atom. The van der Waals surface area contributed by atoms with Crippen LogP contribution in [-0.2, 0) is 0 Å². The molecule has 4 aliphatic rings. The summed E-state index contributed by atoms with van der Waals surface area (Å²) in [5.41, 5.74) is 0.875. The normalized spacial score (nSPS) is 36.0. The predicted molar refractivity (Wildman–Crippen MR) is 115 cm³/mol. The Morgan fingerprint density at radius 2 is 1.87 bits per heavy atom. The Morgan fingerprint density at radius 1 is 1.17 bits per heavy atom. The number of aliphatic hydroxyl groups excluding tert-OH is 2. The summed E-state index contributed by atoms with van der Waals surface area (Å²) in [5, 5.41) is 25.2. The van der Waals surface area contributed by atoms with Gasteiger partial charge in [-0.15, -0.1) is 11.6 Å². The molecule has 7 nitrogen and oxygen atoms in total. The lowest BCUT2D eigenvalue weighted by Gasteiger charge is -2.43. The fraction of sp³-hybridized carbons (Fsp3) is 0.762. The summed E-state index contributed by atoms with van der Waals surface area (Å²) in [7, 11) is 0. The van der Waals surface area contributed by atoms with Crippen LogP contribution in [0.1, 0.15) is 51.0 Å². The highest BCUT2D eigenvalue weighted by Gasteiger charge is 2.71. The van der Waals surface area contributed by atoms with Gasteiger partial charge in [0.25, 0.3) is 0 Å². The minimum absolute atomic E-state index is 0.111. The van der Waals surface area contributed by atoms with E-state index in [1.165, 1.54) is 38.5 Å². The second-order valence-corrected chi connectivity index (χ2v) is 10.4. The van der Waals surface area contributed by atoms with Crippen molar-refractivity contribution < 1.29 is 10.2 Å². The van der Waals surface area contributed by atoms with Crippen LogP contribution in [0.5, 0.6) is 0 Å². The highest BCUT2D eigenvalue weighted by atomic mass is 35.5. The van der Waals surface area contributed by atoms with Crippen LogP contribution < -0.4 is 5.32 Å². The molecule has 4 aliphatic carbocycles. The minimum atomic E-state index is -0.900. The number of rotatable bonds is 6. The van der Waals surface area contributed by atoms with Crippen LogP contribution in [-0.4, -0.2) is 53.9 Å². The molecule has 2 aromatic rings. The van der Waals surface area contributed by atoms with E-state index in [2.05, 4.69) is 20.3 Å². The van der Waals surface area contributed by atoms with Gasteiger partial charge in [0, 0.05) is 17.3 Å². The van der Waals surface area contributed by atoms with Gasteiger partial charge in [-0.25, -0.2) is 4.98 Å². The fourth-order valence-corrected chi connectivity index (χ4v) is 6.72. The number of hydrogen-bond donors (Lipinski definition) is 3. The van der Waals surface area contributed by atoms with Crippen molar-refractivity contribution in [3.63, 3.8) is 0 Å². The van der Waals surface area contributed by atoms with Gasteiger partial charge < -0.3 is 20.1 Å². The number of aliphatic hydroxyl groups is 2. The van der Waals surface area contributed by atoms with Gasteiger partial charge in [-0.1, -0.05) is 12.8 Å². The molecule has 0 aromatic carbocycles. The van der Waals surface area contributed by atoms with Gasteiger partial charge in [-0.05, 0) is 61.5 Å². The molecule has 2 aromatic heterocycles. The SMILES string of the molecule is OC1[C@@H](O)[C@H](n2cnc3c(NC(C4CCC4)C4CCC4)nc(Cl)nc32)C2CC12CCl. The van der Waals surface area contributed by atoms with E-state index in [-0.39, 0.29) is 17.2 Å². The Hall–Kier alpha value is -1.15. The van der Waals surface area contributed by atoms with Gasteiger partial charge in [-0.3, -0.25) is 0 Å². The summed E-state index contributed by atoms with van der Waals surface area (Å²) in [6.07, 6.45) is 8.42. The first kappa shape index (κ1) is 19.5. The van der Waals surface area contributed by atoms with E-state index in [1.807, 2.05) is 4.57 Å².